The van der Waals surface area contributed by atoms with Crippen molar-refractivity contribution in [3.05, 3.63) is 59.2 Å². The third-order valence-corrected chi connectivity index (χ3v) is 5.32. The molecule has 28 heavy (non-hydrogen) atoms. The second kappa shape index (κ2) is 8.97. The van der Waals surface area contributed by atoms with E-state index in [0.717, 1.165) is 43.0 Å². The van der Waals surface area contributed by atoms with Gasteiger partial charge in [-0.05, 0) is 51.0 Å². The maximum absolute atomic E-state index is 6.29. The van der Waals surface area contributed by atoms with E-state index in [1.807, 2.05) is 6.07 Å². The Morgan fingerprint density at radius 2 is 1.86 bits per heavy atom. The zero-order valence-corrected chi connectivity index (χ0v) is 17.7. The van der Waals surface area contributed by atoms with Crippen molar-refractivity contribution in [3.63, 3.8) is 0 Å². The van der Waals surface area contributed by atoms with E-state index in [9.17, 15) is 0 Å². The summed E-state index contributed by atoms with van der Waals surface area (Å²) in [5.41, 5.74) is 4.19. The van der Waals surface area contributed by atoms with Crippen molar-refractivity contribution >= 4 is 5.69 Å². The SMILES string of the molecule is CCCCOC1c2cc(NCc3ccc(C)cc3)ccc2OC(C)(C)C1OC. The van der Waals surface area contributed by atoms with Gasteiger partial charge in [-0.2, -0.15) is 0 Å². The summed E-state index contributed by atoms with van der Waals surface area (Å²) < 4.78 is 18.4. The van der Waals surface area contributed by atoms with Gasteiger partial charge in [0, 0.05) is 31.5 Å². The minimum absolute atomic E-state index is 0.142. The maximum atomic E-state index is 6.29. The van der Waals surface area contributed by atoms with Crippen molar-refractivity contribution < 1.29 is 14.2 Å². The van der Waals surface area contributed by atoms with Crippen molar-refractivity contribution in [2.45, 2.75) is 64.9 Å². The highest BCUT2D eigenvalue weighted by Gasteiger charge is 2.45. The summed E-state index contributed by atoms with van der Waals surface area (Å²) in [6, 6.07) is 14.8. The molecule has 2 atom stereocenters. The fourth-order valence-electron chi connectivity index (χ4n) is 3.69. The number of rotatable bonds is 8. The predicted octanol–water partition coefficient (Wildman–Crippen LogP) is 5.65. The Bertz CT molecular complexity index is 770. The molecule has 0 saturated heterocycles. The molecule has 1 N–H and O–H groups in total. The third-order valence-electron chi connectivity index (χ3n) is 5.32. The van der Waals surface area contributed by atoms with Gasteiger partial charge < -0.3 is 19.5 Å². The van der Waals surface area contributed by atoms with Crippen molar-refractivity contribution in [2.75, 3.05) is 19.0 Å². The minimum atomic E-state index is -0.449. The number of aryl methyl sites for hydroxylation is 1. The topological polar surface area (TPSA) is 39.7 Å². The molecule has 0 aromatic heterocycles. The van der Waals surface area contributed by atoms with Gasteiger partial charge in [-0.1, -0.05) is 43.2 Å². The first-order valence-electron chi connectivity index (χ1n) is 10.2. The molecule has 0 spiro atoms. The van der Waals surface area contributed by atoms with Crippen LogP contribution in [0.2, 0.25) is 0 Å². The number of hydrogen-bond acceptors (Lipinski definition) is 4. The molecule has 2 aromatic carbocycles. The van der Waals surface area contributed by atoms with Crippen LogP contribution in [0, 0.1) is 6.92 Å². The highest BCUT2D eigenvalue weighted by Crippen LogP contribution is 2.44. The molecule has 2 unspecified atom stereocenters. The van der Waals surface area contributed by atoms with E-state index < -0.39 is 5.60 Å². The molecule has 0 fully saturated rings. The Morgan fingerprint density at radius 3 is 2.54 bits per heavy atom. The molecule has 1 heterocycles. The van der Waals surface area contributed by atoms with Crippen molar-refractivity contribution in [3.8, 4) is 5.75 Å². The lowest BCUT2D eigenvalue weighted by Crippen LogP contribution is -2.50. The van der Waals surface area contributed by atoms with Crippen LogP contribution in [0.1, 0.15) is 56.4 Å². The Morgan fingerprint density at radius 1 is 1.11 bits per heavy atom. The Balaban J connectivity index is 1.82. The van der Waals surface area contributed by atoms with Crippen LogP contribution >= 0.6 is 0 Å². The first kappa shape index (κ1) is 20.7. The molecule has 1 aliphatic rings. The number of hydrogen-bond donors (Lipinski definition) is 1. The lowest BCUT2D eigenvalue weighted by molar-refractivity contribution is -0.150. The number of anilines is 1. The van der Waals surface area contributed by atoms with Crippen molar-refractivity contribution in [2.24, 2.45) is 0 Å². The van der Waals surface area contributed by atoms with Gasteiger partial charge in [-0.25, -0.2) is 0 Å². The molecular weight excluding hydrogens is 350 g/mol. The van der Waals surface area contributed by atoms with Crippen molar-refractivity contribution in [1.29, 1.82) is 0 Å². The van der Waals surface area contributed by atoms with Crippen LogP contribution in [-0.4, -0.2) is 25.4 Å². The van der Waals surface area contributed by atoms with Crippen LogP contribution < -0.4 is 10.1 Å². The molecule has 152 valence electrons. The average molecular weight is 384 g/mol. The number of unbranched alkanes of at least 4 members (excludes halogenated alkanes) is 1. The largest absolute Gasteiger partial charge is 0.485 e. The summed E-state index contributed by atoms with van der Waals surface area (Å²) in [6.07, 6.45) is 1.84. The molecule has 0 bridgehead atoms. The zero-order valence-electron chi connectivity index (χ0n) is 17.7. The van der Waals surface area contributed by atoms with E-state index in [-0.39, 0.29) is 12.2 Å². The molecule has 4 nitrogen and oxygen atoms in total. The second-order valence-corrected chi connectivity index (χ2v) is 8.10. The van der Waals surface area contributed by atoms with Gasteiger partial charge in [0.15, 0.2) is 0 Å². The Labute approximate surface area is 169 Å². The Hall–Kier alpha value is -2.04. The first-order chi connectivity index (χ1) is 13.4. The predicted molar refractivity (Wildman–Crippen MR) is 114 cm³/mol. The van der Waals surface area contributed by atoms with E-state index in [2.05, 4.69) is 69.4 Å². The first-order valence-corrected chi connectivity index (χ1v) is 10.2. The van der Waals surface area contributed by atoms with Gasteiger partial charge >= 0.3 is 0 Å². The number of methoxy groups -OCH3 is 1. The minimum Gasteiger partial charge on any atom is -0.485 e. The van der Waals surface area contributed by atoms with Crippen LogP contribution in [0.25, 0.3) is 0 Å². The smallest absolute Gasteiger partial charge is 0.132 e. The molecule has 2 aromatic rings. The maximum Gasteiger partial charge on any atom is 0.132 e. The van der Waals surface area contributed by atoms with Crippen LogP contribution in [0.15, 0.2) is 42.5 Å². The van der Waals surface area contributed by atoms with Gasteiger partial charge in [0.25, 0.3) is 0 Å². The third kappa shape index (κ3) is 4.68. The van der Waals surface area contributed by atoms with E-state index in [1.165, 1.54) is 11.1 Å². The van der Waals surface area contributed by atoms with E-state index in [0.29, 0.717) is 0 Å². The van der Waals surface area contributed by atoms with Crippen LogP contribution in [-0.2, 0) is 16.0 Å². The number of benzene rings is 2. The Kier molecular flexibility index (Phi) is 6.63. The van der Waals surface area contributed by atoms with E-state index >= 15 is 0 Å². The second-order valence-electron chi connectivity index (χ2n) is 8.10. The molecule has 1 aliphatic heterocycles. The molecule has 0 amide bonds. The van der Waals surface area contributed by atoms with Crippen LogP contribution in [0.5, 0.6) is 5.75 Å². The normalized spacial score (nSPS) is 20.3. The standard InChI is InChI=1S/C24H33NO3/c1-6-7-14-27-22-20-15-19(25-16-18-10-8-17(2)9-11-18)12-13-21(20)28-24(3,4)23(22)26-5/h8-13,15,22-23,25H,6-7,14,16H2,1-5H3. The number of fused-ring (bicyclic) bond motifs is 1. The van der Waals surface area contributed by atoms with Crippen LogP contribution in [0.4, 0.5) is 5.69 Å². The molecule has 4 heteroatoms. The fourth-order valence-corrected chi connectivity index (χ4v) is 3.69. The van der Waals surface area contributed by atoms with E-state index in [4.69, 9.17) is 14.2 Å². The van der Waals surface area contributed by atoms with Gasteiger partial charge in [-0.3, -0.25) is 0 Å². The highest BCUT2D eigenvalue weighted by molar-refractivity contribution is 5.53. The molecular formula is C24H33NO3. The molecule has 0 saturated carbocycles. The molecule has 3 rings (SSSR count). The summed E-state index contributed by atoms with van der Waals surface area (Å²) in [4.78, 5) is 0. The van der Waals surface area contributed by atoms with Gasteiger partial charge in [-0.15, -0.1) is 0 Å². The lowest BCUT2D eigenvalue weighted by Gasteiger charge is -2.43. The number of ether oxygens (including phenoxy) is 3. The monoisotopic (exact) mass is 383 g/mol. The summed E-state index contributed by atoms with van der Waals surface area (Å²) in [5, 5.41) is 3.52. The number of nitrogens with one attached hydrogen (secondary N) is 1. The average Bonchev–Trinajstić information content (AvgIpc) is 2.67. The van der Waals surface area contributed by atoms with Gasteiger partial charge in [0.05, 0.1) is 0 Å². The van der Waals surface area contributed by atoms with Crippen molar-refractivity contribution in [1.82, 2.24) is 0 Å². The fraction of sp³-hybridized carbons (Fsp3) is 0.500. The summed E-state index contributed by atoms with van der Waals surface area (Å²) in [6.45, 7) is 9.89. The quantitative estimate of drug-likeness (QED) is 0.598. The van der Waals surface area contributed by atoms with E-state index in [1.54, 1.807) is 7.11 Å². The van der Waals surface area contributed by atoms with Gasteiger partial charge in [0.2, 0.25) is 0 Å². The molecule has 0 radical (unpaired) electrons. The lowest BCUT2D eigenvalue weighted by atomic mass is 9.88. The summed E-state index contributed by atoms with van der Waals surface area (Å²) in [5.74, 6) is 0.876. The van der Waals surface area contributed by atoms with Gasteiger partial charge in [0.1, 0.15) is 23.6 Å². The summed E-state index contributed by atoms with van der Waals surface area (Å²) >= 11 is 0. The zero-order chi connectivity index (χ0) is 20.1. The van der Waals surface area contributed by atoms with Crippen LogP contribution in [0.3, 0.4) is 0 Å². The molecule has 0 aliphatic carbocycles. The summed E-state index contributed by atoms with van der Waals surface area (Å²) in [7, 11) is 1.73. The highest BCUT2D eigenvalue weighted by atomic mass is 16.6.